The smallest absolute Gasteiger partial charge is 0.215 e. The highest BCUT2D eigenvalue weighted by Crippen LogP contribution is 2.42. The van der Waals surface area contributed by atoms with Crippen molar-refractivity contribution in [3.05, 3.63) is 164 Å². The molecule has 0 radical (unpaired) electrons. The van der Waals surface area contributed by atoms with Gasteiger partial charge in [-0.3, -0.25) is 0 Å². The Balaban J connectivity index is 0.000000215. The van der Waals surface area contributed by atoms with Gasteiger partial charge in [0.15, 0.2) is 0 Å². The van der Waals surface area contributed by atoms with Gasteiger partial charge in [0.2, 0.25) is 11.8 Å². The van der Waals surface area contributed by atoms with Crippen LogP contribution in [-0.2, 0) is 0 Å². The molecule has 8 rings (SSSR count). The number of hydrogen-bond donors (Lipinski definition) is 1. The largest absolute Gasteiger partial charge is 0.476 e. The number of pyridine rings is 2. The molecule has 4 aromatic heterocycles. The lowest BCUT2D eigenvalue weighted by Crippen LogP contribution is -2.28. The van der Waals surface area contributed by atoms with E-state index >= 15 is 0 Å². The van der Waals surface area contributed by atoms with Gasteiger partial charge in [-0.25, -0.2) is 0 Å². The van der Waals surface area contributed by atoms with E-state index in [9.17, 15) is 10.5 Å². The van der Waals surface area contributed by atoms with E-state index in [0.717, 1.165) is 83.4 Å². The van der Waals surface area contributed by atoms with Crippen molar-refractivity contribution in [1.29, 1.82) is 10.5 Å². The molecule has 0 saturated carbocycles. The van der Waals surface area contributed by atoms with E-state index in [4.69, 9.17) is 60.9 Å². The Labute approximate surface area is 411 Å². The Kier molecular flexibility index (Phi) is 16.8. The van der Waals surface area contributed by atoms with Crippen LogP contribution in [0.3, 0.4) is 0 Å². The summed E-state index contributed by atoms with van der Waals surface area (Å²) in [5.74, 6) is 0.964. The molecule has 0 saturated heterocycles. The van der Waals surface area contributed by atoms with Crippen LogP contribution >= 0.6 is 46.4 Å². The predicted octanol–water partition coefficient (Wildman–Crippen LogP) is 13.4. The van der Waals surface area contributed by atoms with Crippen LogP contribution in [0.1, 0.15) is 56.0 Å². The van der Waals surface area contributed by atoms with Gasteiger partial charge in [0.25, 0.3) is 0 Å². The lowest BCUT2D eigenvalue weighted by atomic mass is 9.98. The number of fused-ring (bicyclic) bond motifs is 2. The van der Waals surface area contributed by atoms with E-state index < -0.39 is 0 Å². The van der Waals surface area contributed by atoms with Crippen molar-refractivity contribution in [1.82, 2.24) is 29.3 Å². The van der Waals surface area contributed by atoms with Crippen LogP contribution in [0, 0.1) is 22.7 Å². The Morgan fingerprint density at radius 1 is 0.597 bits per heavy atom. The number of nitriles is 2. The summed E-state index contributed by atoms with van der Waals surface area (Å²) in [6, 6.07) is 39.3. The lowest BCUT2D eigenvalue weighted by Gasteiger charge is -2.22. The van der Waals surface area contributed by atoms with Gasteiger partial charge in [-0.15, -0.1) is 0 Å². The summed E-state index contributed by atoms with van der Waals surface area (Å²) in [5, 5.41) is 23.3. The number of nitrogens with one attached hydrogen (secondary N) is 1. The van der Waals surface area contributed by atoms with Gasteiger partial charge in [-0.05, 0) is 61.6 Å². The Morgan fingerprint density at radius 2 is 1.07 bits per heavy atom. The number of rotatable bonds is 17. The van der Waals surface area contributed by atoms with Crippen molar-refractivity contribution in [3.63, 3.8) is 0 Å². The highest BCUT2D eigenvalue weighted by molar-refractivity contribution is 6.37. The fourth-order valence-electron chi connectivity index (χ4n) is 8.12. The fraction of sp³-hybridized carbons (Fsp3) is 0.245. The molecule has 8 aromatic rings. The van der Waals surface area contributed by atoms with Gasteiger partial charge >= 0.3 is 0 Å². The molecule has 0 atom stereocenters. The van der Waals surface area contributed by atoms with Gasteiger partial charge in [0.1, 0.15) is 36.6 Å². The summed E-state index contributed by atoms with van der Waals surface area (Å²) >= 11 is 25.4. The molecule has 0 fully saturated rings. The molecule has 1 N–H and O–H groups in total. The summed E-state index contributed by atoms with van der Waals surface area (Å²) in [6.45, 7) is 15.0. The topological polar surface area (TPSA) is 119 Å². The van der Waals surface area contributed by atoms with Crippen LogP contribution in [0.25, 0.3) is 44.3 Å². The van der Waals surface area contributed by atoms with E-state index in [1.165, 1.54) is 0 Å². The first-order valence-corrected chi connectivity index (χ1v) is 23.7. The van der Waals surface area contributed by atoms with Crippen LogP contribution in [0.2, 0.25) is 20.1 Å². The number of ether oxygens (including phenoxy) is 2. The van der Waals surface area contributed by atoms with Crippen molar-refractivity contribution >= 4 is 68.5 Å². The number of benzene rings is 4. The molecular weight excluding hydrogens is 922 g/mol. The van der Waals surface area contributed by atoms with Crippen molar-refractivity contribution in [2.24, 2.45) is 0 Å². The third-order valence-corrected chi connectivity index (χ3v) is 12.8. The standard InChI is InChI=1S/C33H30Cl2N4O.C20H20Cl2N4O/c1-3-38(4-2)17-18-40-30-20-28(27-16-15-26(34)19-29(27)35)31-25(21-36)22-39(33(31)37-30)32(23-11-7-5-8-12-23)24-13-9-6-10-14-24;1-3-26(4-2)7-8-27-18-10-16(15-6-5-14(21)9-17(15)22)19-13(11-23)12-24-20(19)25-18/h5-16,19-20,22,32H,3-4,17-18H2,1-2H3;5-6,9-10,12H,3-4,7-8H2,1-2H3,(H,24,25). The highest BCUT2D eigenvalue weighted by Gasteiger charge is 2.25. The summed E-state index contributed by atoms with van der Waals surface area (Å²) in [4.78, 5) is 17.1. The third kappa shape index (κ3) is 11.4. The zero-order valence-corrected chi connectivity index (χ0v) is 40.8. The van der Waals surface area contributed by atoms with Crippen LogP contribution in [0.5, 0.6) is 11.8 Å². The number of aromatic amines is 1. The van der Waals surface area contributed by atoms with E-state index in [1.807, 2.05) is 66.9 Å². The molecule has 0 aliphatic carbocycles. The molecular formula is C53H50Cl4N8O2. The normalized spacial score (nSPS) is 11.2. The van der Waals surface area contributed by atoms with Crippen LogP contribution in [0.15, 0.2) is 122 Å². The minimum absolute atomic E-state index is 0.209. The quantitative estimate of drug-likeness (QED) is 0.0958. The average molecular weight is 973 g/mol. The van der Waals surface area contributed by atoms with Crippen molar-refractivity contribution in [2.75, 3.05) is 52.5 Å². The van der Waals surface area contributed by atoms with E-state index in [1.54, 1.807) is 30.5 Å². The van der Waals surface area contributed by atoms with Gasteiger partial charge < -0.3 is 28.8 Å². The minimum Gasteiger partial charge on any atom is -0.476 e. The van der Waals surface area contributed by atoms with Gasteiger partial charge in [0, 0.05) is 90.7 Å². The second-order valence-corrected chi connectivity index (χ2v) is 17.2. The molecule has 10 nitrogen and oxygen atoms in total. The Bertz CT molecular complexity index is 2990. The maximum Gasteiger partial charge on any atom is 0.215 e. The van der Waals surface area contributed by atoms with Gasteiger partial charge in [-0.2, -0.15) is 20.5 Å². The molecule has 4 heterocycles. The first-order valence-electron chi connectivity index (χ1n) is 22.2. The summed E-state index contributed by atoms with van der Waals surface area (Å²) in [5.41, 5.74) is 7.52. The van der Waals surface area contributed by atoms with Crippen LogP contribution in [-0.4, -0.2) is 81.8 Å². The number of nitrogens with zero attached hydrogens (tertiary/aromatic N) is 7. The molecule has 67 heavy (non-hydrogen) atoms. The fourth-order valence-corrected chi connectivity index (χ4v) is 9.14. The number of hydrogen-bond acceptors (Lipinski definition) is 8. The highest BCUT2D eigenvalue weighted by atomic mass is 35.5. The number of H-pyrrole nitrogens is 1. The van der Waals surface area contributed by atoms with Crippen LogP contribution < -0.4 is 9.47 Å². The van der Waals surface area contributed by atoms with Crippen molar-refractivity contribution < 1.29 is 9.47 Å². The molecule has 0 amide bonds. The molecule has 342 valence electrons. The molecule has 14 heteroatoms. The lowest BCUT2D eigenvalue weighted by molar-refractivity contribution is 0.218. The molecule has 0 aliphatic rings. The first-order chi connectivity index (χ1) is 32.6. The van der Waals surface area contributed by atoms with Crippen molar-refractivity contribution in [3.8, 4) is 46.2 Å². The summed E-state index contributed by atoms with van der Waals surface area (Å²) in [7, 11) is 0. The summed E-state index contributed by atoms with van der Waals surface area (Å²) < 4.78 is 14.2. The average Bonchev–Trinajstić information content (AvgIpc) is 3.94. The maximum atomic E-state index is 10.3. The summed E-state index contributed by atoms with van der Waals surface area (Å²) in [6.07, 6.45) is 3.53. The van der Waals surface area contributed by atoms with Gasteiger partial charge in [-0.1, -0.05) is 147 Å². The zero-order valence-electron chi connectivity index (χ0n) is 37.7. The number of halogens is 4. The van der Waals surface area contributed by atoms with E-state index in [-0.39, 0.29) is 6.04 Å². The minimum atomic E-state index is -0.209. The second kappa shape index (κ2) is 23.1. The predicted molar refractivity (Wildman–Crippen MR) is 273 cm³/mol. The van der Waals surface area contributed by atoms with E-state index in [2.05, 4.69) is 88.4 Å². The Hall–Kier alpha value is -6.08. The molecule has 4 aromatic carbocycles. The maximum absolute atomic E-state index is 10.3. The molecule has 0 unspecified atom stereocenters. The van der Waals surface area contributed by atoms with Crippen LogP contribution in [0.4, 0.5) is 0 Å². The third-order valence-electron chi connectivity index (χ3n) is 11.7. The first kappa shape index (κ1) is 48.8. The molecule has 0 spiro atoms. The SMILES string of the molecule is CCN(CC)CCOc1cc(-c2ccc(Cl)cc2Cl)c2c(C#N)c[nH]c2n1.CCN(CC)CCOc1cc(-c2ccc(Cl)cc2Cl)c2c(C#N)cn(C(c3ccccc3)c3ccccc3)c2n1. The number of likely N-dealkylation sites (N-methyl/N-ethyl adjacent to an activating group) is 2. The molecule has 0 bridgehead atoms. The second-order valence-electron chi connectivity index (χ2n) is 15.5. The number of aromatic nitrogens is 4. The monoisotopic (exact) mass is 970 g/mol. The molecule has 0 aliphatic heterocycles. The zero-order chi connectivity index (χ0) is 47.5. The Morgan fingerprint density at radius 3 is 1.54 bits per heavy atom. The van der Waals surface area contributed by atoms with Crippen molar-refractivity contribution in [2.45, 2.75) is 33.7 Å². The van der Waals surface area contributed by atoms with E-state index in [0.29, 0.717) is 67.5 Å². The van der Waals surface area contributed by atoms with Gasteiger partial charge in [0.05, 0.1) is 17.2 Å².